The second kappa shape index (κ2) is 5.44. The van der Waals surface area contributed by atoms with Gasteiger partial charge in [0.2, 0.25) is 0 Å². The third kappa shape index (κ3) is 2.40. The normalized spacial score (nSPS) is 19.3. The lowest BCUT2D eigenvalue weighted by Crippen LogP contribution is -2.42. The highest BCUT2D eigenvalue weighted by molar-refractivity contribution is 5.88. The Hall–Kier alpha value is -2.15. The van der Waals surface area contributed by atoms with Gasteiger partial charge in [-0.3, -0.25) is 4.98 Å². The van der Waals surface area contributed by atoms with Gasteiger partial charge in [0, 0.05) is 17.1 Å². The zero-order valence-electron chi connectivity index (χ0n) is 18.0. The molecule has 0 N–H and O–H groups in total. The standard InChI is InChI=1S/C26H31N/c1-16-9-17(2)11-19(10-16)23-14-18-12-21-22(13-20(18)15-27-23)25(5,6)26(7,8)24(21,3)4/h9-15H,1-8H3. The highest BCUT2D eigenvalue weighted by Crippen LogP contribution is 2.61. The minimum absolute atomic E-state index is 0.128. The number of fused-ring (bicyclic) bond motifs is 2. The van der Waals surface area contributed by atoms with E-state index in [4.69, 9.17) is 4.98 Å². The molecule has 1 heteroatoms. The Morgan fingerprint density at radius 3 is 1.70 bits per heavy atom. The monoisotopic (exact) mass is 357 g/mol. The largest absolute Gasteiger partial charge is 0.256 e. The van der Waals surface area contributed by atoms with Gasteiger partial charge in [-0.15, -0.1) is 0 Å². The average molecular weight is 358 g/mol. The van der Waals surface area contributed by atoms with Gasteiger partial charge in [0.15, 0.2) is 0 Å². The van der Waals surface area contributed by atoms with E-state index < -0.39 is 0 Å². The zero-order chi connectivity index (χ0) is 19.8. The molecule has 140 valence electrons. The van der Waals surface area contributed by atoms with E-state index in [1.807, 2.05) is 0 Å². The van der Waals surface area contributed by atoms with Crippen molar-refractivity contribution in [3.63, 3.8) is 0 Å². The summed E-state index contributed by atoms with van der Waals surface area (Å²) in [5, 5.41) is 2.53. The highest BCUT2D eigenvalue weighted by Gasteiger charge is 2.56. The molecule has 0 unspecified atom stereocenters. The molecule has 0 fully saturated rings. The van der Waals surface area contributed by atoms with Gasteiger partial charge in [0.05, 0.1) is 5.69 Å². The lowest BCUT2D eigenvalue weighted by molar-refractivity contribution is 0.125. The summed E-state index contributed by atoms with van der Waals surface area (Å²) < 4.78 is 0. The van der Waals surface area contributed by atoms with Gasteiger partial charge < -0.3 is 0 Å². The second-order valence-corrected chi connectivity index (χ2v) is 10.1. The maximum Gasteiger partial charge on any atom is 0.0708 e. The lowest BCUT2D eigenvalue weighted by Gasteiger charge is -2.44. The lowest BCUT2D eigenvalue weighted by atomic mass is 9.59. The number of aromatic nitrogens is 1. The van der Waals surface area contributed by atoms with E-state index in [0.29, 0.717) is 0 Å². The van der Waals surface area contributed by atoms with Gasteiger partial charge in [0.1, 0.15) is 0 Å². The number of hydrogen-bond donors (Lipinski definition) is 0. The maximum atomic E-state index is 4.81. The first-order valence-electron chi connectivity index (χ1n) is 9.98. The van der Waals surface area contributed by atoms with E-state index in [2.05, 4.69) is 98.0 Å². The van der Waals surface area contributed by atoms with Gasteiger partial charge in [-0.1, -0.05) is 64.8 Å². The van der Waals surface area contributed by atoms with Crippen molar-refractivity contribution >= 4 is 10.8 Å². The Balaban J connectivity index is 1.95. The van der Waals surface area contributed by atoms with Crippen LogP contribution >= 0.6 is 0 Å². The van der Waals surface area contributed by atoms with E-state index >= 15 is 0 Å². The van der Waals surface area contributed by atoms with Crippen molar-refractivity contribution in [2.45, 2.75) is 66.2 Å². The number of aryl methyl sites for hydroxylation is 2. The summed E-state index contributed by atoms with van der Waals surface area (Å²) in [6, 6.07) is 13.7. The average Bonchev–Trinajstić information content (AvgIpc) is 2.67. The van der Waals surface area contributed by atoms with E-state index in [-0.39, 0.29) is 16.2 Å². The summed E-state index contributed by atoms with van der Waals surface area (Å²) in [6.45, 7) is 18.7. The van der Waals surface area contributed by atoms with E-state index in [0.717, 1.165) is 5.69 Å². The smallest absolute Gasteiger partial charge is 0.0708 e. The van der Waals surface area contributed by atoms with Crippen molar-refractivity contribution in [3.05, 3.63) is 64.8 Å². The van der Waals surface area contributed by atoms with Crippen LogP contribution in [0.5, 0.6) is 0 Å². The van der Waals surface area contributed by atoms with Crippen molar-refractivity contribution in [1.82, 2.24) is 4.98 Å². The molecule has 0 spiro atoms. The van der Waals surface area contributed by atoms with Crippen LogP contribution in [0.15, 0.2) is 42.6 Å². The van der Waals surface area contributed by atoms with Crippen LogP contribution in [0.4, 0.5) is 0 Å². The summed E-state index contributed by atoms with van der Waals surface area (Å²) in [5.41, 5.74) is 8.24. The summed E-state index contributed by atoms with van der Waals surface area (Å²) >= 11 is 0. The minimum Gasteiger partial charge on any atom is -0.256 e. The van der Waals surface area contributed by atoms with Gasteiger partial charge in [-0.2, -0.15) is 0 Å². The molecule has 2 aromatic carbocycles. The Morgan fingerprint density at radius 2 is 1.15 bits per heavy atom. The number of hydrogen-bond acceptors (Lipinski definition) is 1. The summed E-state index contributed by atoms with van der Waals surface area (Å²) in [6.07, 6.45) is 2.05. The molecule has 1 aromatic heterocycles. The van der Waals surface area contributed by atoms with E-state index in [1.165, 1.54) is 38.6 Å². The molecular weight excluding hydrogens is 326 g/mol. The fourth-order valence-corrected chi connectivity index (χ4v) is 4.96. The zero-order valence-corrected chi connectivity index (χ0v) is 18.0. The molecule has 0 atom stereocenters. The third-order valence-corrected chi connectivity index (χ3v) is 7.85. The quantitative estimate of drug-likeness (QED) is 0.452. The molecule has 1 heterocycles. The molecule has 4 rings (SSSR count). The topological polar surface area (TPSA) is 12.9 Å². The molecule has 1 aliphatic rings. The van der Waals surface area contributed by atoms with Crippen LogP contribution in [-0.2, 0) is 10.8 Å². The van der Waals surface area contributed by atoms with Crippen molar-refractivity contribution in [2.24, 2.45) is 5.41 Å². The third-order valence-electron chi connectivity index (χ3n) is 7.85. The first kappa shape index (κ1) is 18.2. The Morgan fingerprint density at radius 1 is 0.630 bits per heavy atom. The van der Waals surface area contributed by atoms with Crippen LogP contribution in [0.3, 0.4) is 0 Å². The highest BCUT2D eigenvalue weighted by atomic mass is 14.7. The van der Waals surface area contributed by atoms with Crippen LogP contribution in [0.2, 0.25) is 0 Å². The molecular formula is C26H31N. The minimum atomic E-state index is 0.128. The Kier molecular flexibility index (Phi) is 3.67. The summed E-state index contributed by atoms with van der Waals surface area (Å²) in [7, 11) is 0. The van der Waals surface area contributed by atoms with E-state index in [9.17, 15) is 0 Å². The van der Waals surface area contributed by atoms with Crippen LogP contribution < -0.4 is 0 Å². The van der Waals surface area contributed by atoms with Gasteiger partial charge in [-0.25, -0.2) is 0 Å². The first-order valence-corrected chi connectivity index (χ1v) is 9.98. The summed E-state index contributed by atoms with van der Waals surface area (Å²) in [5.74, 6) is 0. The van der Waals surface area contributed by atoms with Crippen molar-refractivity contribution in [3.8, 4) is 11.3 Å². The molecule has 27 heavy (non-hydrogen) atoms. The Labute approximate surface area is 163 Å². The second-order valence-electron chi connectivity index (χ2n) is 10.1. The van der Waals surface area contributed by atoms with Crippen molar-refractivity contribution in [2.75, 3.05) is 0 Å². The van der Waals surface area contributed by atoms with Crippen molar-refractivity contribution < 1.29 is 0 Å². The van der Waals surface area contributed by atoms with Crippen molar-refractivity contribution in [1.29, 1.82) is 0 Å². The molecule has 0 amide bonds. The fourth-order valence-electron chi connectivity index (χ4n) is 4.96. The first-order chi connectivity index (χ1) is 12.4. The summed E-state index contributed by atoms with van der Waals surface area (Å²) in [4.78, 5) is 4.81. The molecule has 0 bridgehead atoms. The molecule has 0 saturated heterocycles. The van der Waals surface area contributed by atoms with Crippen LogP contribution in [0.25, 0.3) is 22.0 Å². The predicted molar refractivity (Wildman–Crippen MR) is 116 cm³/mol. The molecule has 1 nitrogen and oxygen atoms in total. The molecule has 1 aliphatic carbocycles. The number of rotatable bonds is 1. The number of pyridine rings is 1. The van der Waals surface area contributed by atoms with Crippen LogP contribution in [-0.4, -0.2) is 4.98 Å². The number of nitrogens with zero attached hydrogens (tertiary/aromatic N) is 1. The fraction of sp³-hybridized carbons (Fsp3) is 0.423. The number of benzene rings is 2. The predicted octanol–water partition coefficient (Wildman–Crippen LogP) is 7.11. The van der Waals surface area contributed by atoms with Gasteiger partial charge in [0.25, 0.3) is 0 Å². The molecule has 3 aromatic rings. The maximum absolute atomic E-state index is 4.81. The SMILES string of the molecule is Cc1cc(C)cc(-c2cc3cc4c(cc3cn2)C(C)(C)C(C)(C)C4(C)C)c1. The van der Waals surface area contributed by atoms with Gasteiger partial charge in [-0.05, 0) is 70.9 Å². The van der Waals surface area contributed by atoms with E-state index in [1.54, 1.807) is 0 Å². The van der Waals surface area contributed by atoms with Gasteiger partial charge >= 0.3 is 0 Å². The van der Waals surface area contributed by atoms with Crippen LogP contribution in [0, 0.1) is 19.3 Å². The molecule has 0 aliphatic heterocycles. The Bertz CT molecular complexity index is 1050. The molecule has 0 radical (unpaired) electrons. The molecule has 0 saturated carbocycles. The van der Waals surface area contributed by atoms with Crippen LogP contribution in [0.1, 0.15) is 63.8 Å².